The number of benzene rings is 1. The topological polar surface area (TPSA) is 68.5 Å². The van der Waals surface area contributed by atoms with Crippen molar-refractivity contribution in [2.24, 2.45) is 0 Å². The molecule has 5 nitrogen and oxygen atoms in total. The molecule has 1 unspecified atom stereocenters. The Balaban J connectivity index is 1.75. The van der Waals surface area contributed by atoms with Crippen LogP contribution in [-0.4, -0.2) is 29.4 Å². The van der Waals surface area contributed by atoms with Crippen molar-refractivity contribution in [2.75, 3.05) is 19.4 Å². The Kier molecular flexibility index (Phi) is 4.46. The Labute approximate surface area is 136 Å². The van der Waals surface area contributed by atoms with Gasteiger partial charge in [-0.3, -0.25) is 9.78 Å². The van der Waals surface area contributed by atoms with Crippen LogP contribution in [0.15, 0.2) is 42.6 Å². The Morgan fingerprint density at radius 3 is 3.00 bits per heavy atom. The third kappa shape index (κ3) is 3.44. The van der Waals surface area contributed by atoms with E-state index in [0.29, 0.717) is 12.1 Å². The van der Waals surface area contributed by atoms with Gasteiger partial charge in [0, 0.05) is 12.2 Å². The van der Waals surface area contributed by atoms with Crippen molar-refractivity contribution in [3.63, 3.8) is 0 Å². The molecule has 1 aromatic heterocycles. The van der Waals surface area contributed by atoms with Crippen molar-refractivity contribution in [3.05, 3.63) is 53.9 Å². The Morgan fingerprint density at radius 2 is 2.26 bits per heavy atom. The molecule has 1 saturated heterocycles. The van der Waals surface area contributed by atoms with Gasteiger partial charge in [0.05, 0.1) is 31.5 Å². The third-order valence-electron chi connectivity index (χ3n) is 4.23. The van der Waals surface area contributed by atoms with Crippen LogP contribution in [0.25, 0.3) is 0 Å². The van der Waals surface area contributed by atoms with Crippen LogP contribution in [0.2, 0.25) is 0 Å². The molecule has 0 bridgehead atoms. The average Bonchev–Trinajstić information content (AvgIpc) is 3.07. The summed E-state index contributed by atoms with van der Waals surface area (Å²) >= 11 is 0. The molecule has 0 saturated carbocycles. The summed E-state index contributed by atoms with van der Waals surface area (Å²) in [6.45, 7) is 0.787. The first kappa shape index (κ1) is 15.3. The van der Waals surface area contributed by atoms with E-state index in [0.717, 1.165) is 36.4 Å². The number of nitrogens with two attached hydrogens (primary N) is 1. The second-order valence-corrected chi connectivity index (χ2v) is 5.78. The van der Waals surface area contributed by atoms with Crippen molar-refractivity contribution >= 4 is 11.6 Å². The highest BCUT2D eigenvalue weighted by molar-refractivity contribution is 5.79. The van der Waals surface area contributed by atoms with E-state index in [-0.39, 0.29) is 11.9 Å². The highest BCUT2D eigenvalue weighted by Gasteiger charge is 2.30. The fraction of sp³-hybridized carbons (Fsp3) is 0.333. The molecule has 5 heteroatoms. The van der Waals surface area contributed by atoms with Crippen LogP contribution < -0.4 is 10.5 Å². The number of anilines is 1. The summed E-state index contributed by atoms with van der Waals surface area (Å²) < 4.78 is 5.29. The minimum absolute atomic E-state index is 0.104. The van der Waals surface area contributed by atoms with Gasteiger partial charge >= 0.3 is 0 Å². The summed E-state index contributed by atoms with van der Waals surface area (Å²) in [5.41, 5.74) is 8.12. The molecule has 2 aromatic rings. The average molecular weight is 311 g/mol. The minimum Gasteiger partial charge on any atom is -0.497 e. The van der Waals surface area contributed by atoms with Gasteiger partial charge < -0.3 is 15.4 Å². The van der Waals surface area contributed by atoms with Gasteiger partial charge in [0.2, 0.25) is 5.91 Å². The lowest BCUT2D eigenvalue weighted by Gasteiger charge is -2.25. The van der Waals surface area contributed by atoms with E-state index < -0.39 is 0 Å². The molecule has 1 amide bonds. The van der Waals surface area contributed by atoms with Crippen LogP contribution in [-0.2, 0) is 11.2 Å². The van der Waals surface area contributed by atoms with Crippen LogP contribution in [0, 0.1) is 0 Å². The summed E-state index contributed by atoms with van der Waals surface area (Å²) in [6, 6.07) is 11.7. The number of ether oxygens (including phenoxy) is 1. The number of pyridine rings is 1. The van der Waals surface area contributed by atoms with Crippen molar-refractivity contribution in [1.82, 2.24) is 9.88 Å². The number of hydrogen-bond acceptors (Lipinski definition) is 4. The zero-order chi connectivity index (χ0) is 16.2. The molecule has 0 aliphatic carbocycles. The highest BCUT2D eigenvalue weighted by Crippen LogP contribution is 2.33. The summed E-state index contributed by atoms with van der Waals surface area (Å²) in [5, 5.41) is 0. The summed E-state index contributed by atoms with van der Waals surface area (Å²) in [7, 11) is 1.66. The summed E-state index contributed by atoms with van der Waals surface area (Å²) in [6.07, 6.45) is 3.89. The first-order valence-electron chi connectivity index (χ1n) is 7.81. The lowest BCUT2D eigenvalue weighted by Crippen LogP contribution is -2.32. The van der Waals surface area contributed by atoms with Crippen LogP contribution in [0.4, 0.5) is 5.69 Å². The second-order valence-electron chi connectivity index (χ2n) is 5.78. The molecule has 1 aliphatic heterocycles. The van der Waals surface area contributed by atoms with E-state index in [1.165, 1.54) is 0 Å². The molecular formula is C18H21N3O2. The molecule has 1 aliphatic rings. The van der Waals surface area contributed by atoms with Gasteiger partial charge in [-0.2, -0.15) is 0 Å². The standard InChI is InChI=1S/C18H21N3O2/c1-23-16-5-2-4-13(10-16)17-6-3-9-21(17)18(22)11-15-8-7-14(19)12-20-15/h2,4-5,7-8,10,12,17H,3,6,9,11,19H2,1H3. The number of carbonyl (C=O) groups excluding carboxylic acids is 1. The Morgan fingerprint density at radius 1 is 1.39 bits per heavy atom. The first-order chi connectivity index (χ1) is 11.2. The molecular weight excluding hydrogens is 290 g/mol. The molecule has 3 rings (SSSR count). The Hall–Kier alpha value is -2.56. The highest BCUT2D eigenvalue weighted by atomic mass is 16.5. The van der Waals surface area contributed by atoms with E-state index in [1.807, 2.05) is 29.2 Å². The van der Waals surface area contributed by atoms with Gasteiger partial charge in [0.25, 0.3) is 0 Å². The number of nitrogens with zero attached hydrogens (tertiary/aromatic N) is 2. The van der Waals surface area contributed by atoms with Crippen LogP contribution in [0.3, 0.4) is 0 Å². The van der Waals surface area contributed by atoms with Gasteiger partial charge in [-0.15, -0.1) is 0 Å². The maximum Gasteiger partial charge on any atom is 0.229 e. The molecule has 1 aromatic carbocycles. The molecule has 0 spiro atoms. The van der Waals surface area contributed by atoms with Gasteiger partial charge in [0.15, 0.2) is 0 Å². The molecule has 2 N–H and O–H groups in total. The smallest absolute Gasteiger partial charge is 0.229 e. The van der Waals surface area contributed by atoms with Crippen LogP contribution in [0.1, 0.15) is 30.1 Å². The minimum atomic E-state index is 0.104. The number of rotatable bonds is 4. The fourth-order valence-corrected chi connectivity index (χ4v) is 3.06. The summed E-state index contributed by atoms with van der Waals surface area (Å²) in [4.78, 5) is 18.8. The number of likely N-dealkylation sites (tertiary alicyclic amines) is 1. The third-order valence-corrected chi connectivity index (χ3v) is 4.23. The van der Waals surface area contributed by atoms with Gasteiger partial charge in [-0.05, 0) is 42.7 Å². The largest absolute Gasteiger partial charge is 0.497 e. The van der Waals surface area contributed by atoms with Crippen LogP contribution in [0.5, 0.6) is 5.75 Å². The van der Waals surface area contributed by atoms with E-state index in [4.69, 9.17) is 10.5 Å². The van der Waals surface area contributed by atoms with Crippen molar-refractivity contribution in [3.8, 4) is 5.75 Å². The van der Waals surface area contributed by atoms with E-state index in [2.05, 4.69) is 11.1 Å². The molecule has 0 radical (unpaired) electrons. The number of hydrogen-bond donors (Lipinski definition) is 1. The zero-order valence-corrected chi connectivity index (χ0v) is 13.2. The lowest BCUT2D eigenvalue weighted by atomic mass is 10.0. The predicted molar refractivity (Wildman–Crippen MR) is 89.0 cm³/mol. The van der Waals surface area contributed by atoms with Gasteiger partial charge in [0.1, 0.15) is 5.75 Å². The number of amides is 1. The number of nitrogen functional groups attached to an aromatic ring is 1. The SMILES string of the molecule is COc1cccc(C2CCCN2C(=O)Cc2ccc(N)cn2)c1. The van der Waals surface area contributed by atoms with Crippen molar-refractivity contribution < 1.29 is 9.53 Å². The van der Waals surface area contributed by atoms with Gasteiger partial charge in [-0.1, -0.05) is 12.1 Å². The maximum absolute atomic E-state index is 12.7. The van der Waals surface area contributed by atoms with Crippen LogP contribution >= 0.6 is 0 Å². The monoisotopic (exact) mass is 311 g/mol. The van der Waals surface area contributed by atoms with E-state index in [1.54, 1.807) is 19.4 Å². The normalized spacial score (nSPS) is 17.3. The summed E-state index contributed by atoms with van der Waals surface area (Å²) in [5.74, 6) is 0.926. The fourth-order valence-electron chi connectivity index (χ4n) is 3.06. The van der Waals surface area contributed by atoms with Crippen molar-refractivity contribution in [1.29, 1.82) is 0 Å². The molecule has 120 valence electrons. The predicted octanol–water partition coefficient (Wildman–Crippen LogP) is 2.58. The second kappa shape index (κ2) is 6.69. The number of carbonyl (C=O) groups is 1. The van der Waals surface area contributed by atoms with Gasteiger partial charge in [-0.25, -0.2) is 0 Å². The van der Waals surface area contributed by atoms with Crippen molar-refractivity contribution in [2.45, 2.75) is 25.3 Å². The number of aromatic nitrogens is 1. The lowest BCUT2D eigenvalue weighted by molar-refractivity contribution is -0.131. The zero-order valence-electron chi connectivity index (χ0n) is 13.2. The number of methoxy groups -OCH3 is 1. The molecule has 1 atom stereocenters. The van der Waals surface area contributed by atoms with E-state index >= 15 is 0 Å². The molecule has 2 heterocycles. The Bertz CT molecular complexity index is 685. The first-order valence-corrected chi connectivity index (χ1v) is 7.81. The van der Waals surface area contributed by atoms with E-state index in [9.17, 15) is 4.79 Å². The maximum atomic E-state index is 12.7. The molecule has 1 fully saturated rings. The molecule has 23 heavy (non-hydrogen) atoms. The quantitative estimate of drug-likeness (QED) is 0.942.